The van der Waals surface area contributed by atoms with Crippen molar-refractivity contribution in [2.24, 2.45) is 0 Å². The number of carbonyl (C=O) groups is 2. The predicted octanol–water partition coefficient (Wildman–Crippen LogP) is 2.30. The lowest BCUT2D eigenvalue weighted by Gasteiger charge is -2.10. The number of esters is 1. The third-order valence-electron chi connectivity index (χ3n) is 4.43. The minimum atomic E-state index is -0.935. The average Bonchev–Trinajstić information content (AvgIpc) is 3.26. The van der Waals surface area contributed by atoms with Crippen molar-refractivity contribution in [2.75, 3.05) is 20.7 Å². The quantitative estimate of drug-likeness (QED) is 0.350. The summed E-state index contributed by atoms with van der Waals surface area (Å²) in [5, 5.41) is 24.3. The van der Waals surface area contributed by atoms with Gasteiger partial charge in [0.25, 0.3) is 0 Å². The third-order valence-corrected chi connectivity index (χ3v) is 4.43. The van der Waals surface area contributed by atoms with Crippen molar-refractivity contribution in [3.63, 3.8) is 0 Å². The van der Waals surface area contributed by atoms with Crippen LogP contribution in [0.3, 0.4) is 0 Å². The van der Waals surface area contributed by atoms with E-state index in [9.17, 15) is 20.0 Å². The fraction of sp³-hybridized carbons (Fsp3) is 0.292. The van der Waals surface area contributed by atoms with Gasteiger partial charge in [0.1, 0.15) is 6.10 Å². The Kier molecular flexibility index (Phi) is 9.10. The van der Waals surface area contributed by atoms with Crippen molar-refractivity contribution in [2.45, 2.75) is 26.4 Å². The molecule has 0 fully saturated rings. The lowest BCUT2D eigenvalue weighted by atomic mass is 10.1. The number of aliphatic hydroxyl groups is 1. The molecule has 0 saturated carbocycles. The van der Waals surface area contributed by atoms with Crippen LogP contribution in [0.15, 0.2) is 36.5 Å². The minimum absolute atomic E-state index is 0.107. The number of pyridine rings is 1. The number of amides is 1. The summed E-state index contributed by atoms with van der Waals surface area (Å²) in [7, 11) is 2.88. The summed E-state index contributed by atoms with van der Waals surface area (Å²) in [4.78, 5) is 28.5. The Morgan fingerprint density at radius 2 is 2.06 bits per heavy atom. The van der Waals surface area contributed by atoms with E-state index in [0.29, 0.717) is 47.2 Å². The molecule has 2 heterocycles. The van der Waals surface area contributed by atoms with E-state index in [0.717, 1.165) is 0 Å². The molecule has 0 radical (unpaired) electrons. The van der Waals surface area contributed by atoms with Gasteiger partial charge in [-0.2, -0.15) is 10.4 Å². The van der Waals surface area contributed by atoms with Gasteiger partial charge in [-0.15, -0.1) is 0 Å². The Balaban J connectivity index is 0.00000187. The summed E-state index contributed by atoms with van der Waals surface area (Å²) in [5.74, 6) is 4.96. The fourth-order valence-corrected chi connectivity index (χ4v) is 2.87. The second kappa shape index (κ2) is 12.0. The number of carbonyl (C=O) groups excluding carboxylic acids is 2. The summed E-state index contributed by atoms with van der Waals surface area (Å²) in [5.41, 5.74) is 1.83. The average molecular weight is 447 g/mol. The predicted molar refractivity (Wildman–Crippen MR) is 122 cm³/mol. The maximum atomic E-state index is 12.1. The van der Waals surface area contributed by atoms with Crippen LogP contribution in [0.25, 0.3) is 16.7 Å². The summed E-state index contributed by atoms with van der Waals surface area (Å²) in [6.45, 7) is 4.37. The molecule has 170 valence electrons. The van der Waals surface area contributed by atoms with Gasteiger partial charge in [-0.1, -0.05) is 25.7 Å². The third kappa shape index (κ3) is 6.16. The minimum Gasteiger partial charge on any atom is -0.464 e. The van der Waals surface area contributed by atoms with Crippen LogP contribution in [0.5, 0.6) is 0 Å². The Labute approximate surface area is 192 Å². The van der Waals surface area contributed by atoms with Crippen LogP contribution in [-0.4, -0.2) is 64.0 Å². The van der Waals surface area contributed by atoms with E-state index in [4.69, 9.17) is 4.74 Å². The lowest BCUT2D eigenvalue weighted by molar-refractivity contribution is -0.117. The standard InChI is InChI=1S/C22H19N5O4.C2H6/c1-26(14-28)9-7-18(29)6-5-15-10-16(13-23)12-17(11-15)27-21-19(4-3-8-24-21)20(25-27)22(30)31-2;1-2/h3-4,8,10-12,14,18,29H,7,9H2,1-2H3;1-2H3. The number of rotatable bonds is 6. The maximum absolute atomic E-state index is 12.1. The molecule has 33 heavy (non-hydrogen) atoms. The van der Waals surface area contributed by atoms with Gasteiger partial charge in [0.15, 0.2) is 11.3 Å². The molecule has 2 aromatic heterocycles. The molecule has 9 heteroatoms. The molecular formula is C24H25N5O4. The van der Waals surface area contributed by atoms with Crippen LogP contribution < -0.4 is 0 Å². The first kappa shape index (κ1) is 25.1. The molecule has 3 rings (SSSR count). The second-order valence-electron chi connectivity index (χ2n) is 6.67. The van der Waals surface area contributed by atoms with Crippen LogP contribution in [0, 0.1) is 23.2 Å². The zero-order valence-corrected chi connectivity index (χ0v) is 18.9. The number of fused-ring (bicyclic) bond motifs is 1. The van der Waals surface area contributed by atoms with Gasteiger partial charge < -0.3 is 14.7 Å². The first-order chi connectivity index (χ1) is 16.0. The summed E-state index contributed by atoms with van der Waals surface area (Å²) in [6.07, 6.45) is 1.61. The molecule has 1 atom stereocenters. The molecule has 1 N–H and O–H groups in total. The Morgan fingerprint density at radius 3 is 2.73 bits per heavy atom. The molecule has 9 nitrogen and oxygen atoms in total. The van der Waals surface area contributed by atoms with Gasteiger partial charge in [-0.3, -0.25) is 4.79 Å². The SMILES string of the molecule is CC.COC(=O)c1nn(-c2cc(C#N)cc(C#CC(O)CCN(C)C=O)c2)c2ncccc12. The van der Waals surface area contributed by atoms with E-state index in [1.54, 1.807) is 43.6 Å². The van der Waals surface area contributed by atoms with Gasteiger partial charge in [0.05, 0.1) is 29.8 Å². The summed E-state index contributed by atoms with van der Waals surface area (Å²) < 4.78 is 6.25. The highest BCUT2D eigenvalue weighted by Gasteiger charge is 2.19. The van der Waals surface area contributed by atoms with E-state index in [-0.39, 0.29) is 5.69 Å². The number of aliphatic hydroxyl groups excluding tert-OH is 1. The van der Waals surface area contributed by atoms with Crippen LogP contribution in [0.4, 0.5) is 0 Å². The molecule has 0 aliphatic carbocycles. The number of methoxy groups -OCH3 is 1. The van der Waals surface area contributed by atoms with E-state index in [1.807, 2.05) is 13.8 Å². The second-order valence-corrected chi connectivity index (χ2v) is 6.67. The van der Waals surface area contributed by atoms with Crippen molar-refractivity contribution in [3.8, 4) is 23.6 Å². The number of hydrogen-bond acceptors (Lipinski definition) is 7. The molecular weight excluding hydrogens is 422 g/mol. The normalized spacial score (nSPS) is 10.7. The van der Waals surface area contributed by atoms with E-state index in [2.05, 4.69) is 28.0 Å². The van der Waals surface area contributed by atoms with Crippen LogP contribution in [0.2, 0.25) is 0 Å². The van der Waals surface area contributed by atoms with E-state index in [1.165, 1.54) is 16.7 Å². The van der Waals surface area contributed by atoms with Gasteiger partial charge in [-0.05, 0) is 30.3 Å². The molecule has 1 amide bonds. The highest BCUT2D eigenvalue weighted by Crippen LogP contribution is 2.22. The number of aromatic nitrogens is 3. The molecule has 0 bridgehead atoms. The number of nitrogens with zero attached hydrogens (tertiary/aromatic N) is 5. The van der Waals surface area contributed by atoms with Crippen LogP contribution in [0.1, 0.15) is 41.9 Å². The summed E-state index contributed by atoms with van der Waals surface area (Å²) >= 11 is 0. The van der Waals surface area contributed by atoms with Gasteiger partial charge >= 0.3 is 5.97 Å². The van der Waals surface area contributed by atoms with Crippen molar-refractivity contribution in [3.05, 3.63) is 53.3 Å². The van der Waals surface area contributed by atoms with E-state index < -0.39 is 12.1 Å². The first-order valence-corrected chi connectivity index (χ1v) is 10.3. The largest absolute Gasteiger partial charge is 0.464 e. The Bertz CT molecular complexity index is 1230. The molecule has 0 spiro atoms. The molecule has 0 aliphatic heterocycles. The maximum Gasteiger partial charge on any atom is 0.359 e. The number of nitriles is 1. The molecule has 1 aromatic carbocycles. The number of hydrogen-bond donors (Lipinski definition) is 1. The molecule has 0 aliphatic rings. The van der Waals surface area contributed by atoms with Gasteiger partial charge in [0.2, 0.25) is 6.41 Å². The van der Waals surface area contributed by atoms with Crippen molar-refractivity contribution >= 4 is 23.4 Å². The molecule has 3 aromatic rings. The lowest BCUT2D eigenvalue weighted by Crippen LogP contribution is -2.21. The zero-order valence-electron chi connectivity index (χ0n) is 18.9. The zero-order chi connectivity index (χ0) is 24.4. The number of benzene rings is 1. The van der Waals surface area contributed by atoms with Crippen LogP contribution >= 0.6 is 0 Å². The Morgan fingerprint density at radius 1 is 1.33 bits per heavy atom. The first-order valence-electron chi connectivity index (χ1n) is 10.3. The molecule has 1 unspecified atom stereocenters. The number of ether oxygens (including phenoxy) is 1. The van der Waals surface area contributed by atoms with Crippen LogP contribution in [-0.2, 0) is 9.53 Å². The monoisotopic (exact) mass is 447 g/mol. The Hall–Kier alpha value is -4.21. The van der Waals surface area contributed by atoms with Crippen molar-refractivity contribution in [1.82, 2.24) is 19.7 Å². The highest BCUT2D eigenvalue weighted by molar-refractivity contribution is 6.01. The van der Waals surface area contributed by atoms with Crippen molar-refractivity contribution in [1.29, 1.82) is 5.26 Å². The van der Waals surface area contributed by atoms with Gasteiger partial charge in [-0.25, -0.2) is 14.5 Å². The van der Waals surface area contributed by atoms with E-state index >= 15 is 0 Å². The fourth-order valence-electron chi connectivity index (χ4n) is 2.87. The van der Waals surface area contributed by atoms with Gasteiger partial charge in [0, 0.05) is 31.8 Å². The topological polar surface area (TPSA) is 121 Å². The summed E-state index contributed by atoms with van der Waals surface area (Å²) in [6, 6.07) is 10.3. The smallest absolute Gasteiger partial charge is 0.359 e. The molecule has 0 saturated heterocycles. The van der Waals surface area contributed by atoms with Crippen molar-refractivity contribution < 1.29 is 19.4 Å². The highest BCUT2D eigenvalue weighted by atomic mass is 16.5.